The van der Waals surface area contributed by atoms with Gasteiger partial charge in [-0.1, -0.05) is 30.3 Å². The topological polar surface area (TPSA) is 104 Å². The second-order valence-electron chi connectivity index (χ2n) is 11.2. The van der Waals surface area contributed by atoms with Crippen molar-refractivity contribution in [3.05, 3.63) is 60.2 Å². The lowest BCUT2D eigenvalue weighted by atomic mass is 9.78. The average molecular weight is 630 g/mol. The van der Waals surface area contributed by atoms with Crippen LogP contribution in [0.25, 0.3) is 0 Å². The summed E-state index contributed by atoms with van der Waals surface area (Å²) in [7, 11) is -8.80. The lowest BCUT2D eigenvalue weighted by molar-refractivity contribution is -0.119. The molecule has 2 saturated heterocycles. The maximum Gasteiger partial charge on any atom is 0.511 e. The van der Waals surface area contributed by atoms with Crippen LogP contribution in [0.1, 0.15) is 50.0 Å². The molecule has 4 rings (SSSR count). The fourth-order valence-electron chi connectivity index (χ4n) is 6.02. The van der Waals surface area contributed by atoms with Gasteiger partial charge in [0.1, 0.15) is 0 Å². The lowest BCUT2D eigenvalue weighted by Gasteiger charge is -2.37. The monoisotopic (exact) mass is 629 g/mol. The Bertz CT molecular complexity index is 1400. The molecule has 1 N–H and O–H groups in total. The molecule has 42 heavy (non-hydrogen) atoms. The van der Waals surface area contributed by atoms with Crippen LogP contribution in [0.15, 0.2) is 59.5 Å². The summed E-state index contributed by atoms with van der Waals surface area (Å²) in [5.41, 5.74) is -3.77. The number of rotatable bonds is 10. The van der Waals surface area contributed by atoms with E-state index in [1.807, 2.05) is 30.3 Å². The number of sulfone groups is 1. The molecular weight excluding hydrogens is 591 g/mol. The van der Waals surface area contributed by atoms with Gasteiger partial charge in [0.15, 0.2) is 9.84 Å². The molecule has 2 heterocycles. The van der Waals surface area contributed by atoms with E-state index in [9.17, 15) is 34.8 Å². The van der Waals surface area contributed by atoms with Gasteiger partial charge in [0, 0.05) is 38.0 Å². The quantitative estimate of drug-likeness (QED) is 0.414. The highest BCUT2D eigenvalue weighted by atomic mass is 32.2. The van der Waals surface area contributed by atoms with Gasteiger partial charge in [-0.05, 0) is 92.8 Å². The first-order valence-electron chi connectivity index (χ1n) is 14.2. The summed E-state index contributed by atoms with van der Waals surface area (Å²) >= 11 is 0. The van der Waals surface area contributed by atoms with E-state index >= 15 is 0 Å². The molecule has 2 aliphatic rings. The summed E-state index contributed by atoms with van der Waals surface area (Å²) in [5.74, 6) is -0.0271. The Labute approximate surface area is 246 Å². The number of hydrogen-bond donors (Lipinski definition) is 1. The lowest BCUT2D eigenvalue weighted by Crippen LogP contribution is -2.45. The molecule has 1 amide bonds. The number of sulfonamides is 1. The van der Waals surface area contributed by atoms with E-state index in [0.717, 1.165) is 37.8 Å². The molecule has 2 fully saturated rings. The number of carbonyl (C=O) groups is 1. The molecule has 0 aromatic heterocycles. The highest BCUT2D eigenvalue weighted by Crippen LogP contribution is 2.38. The van der Waals surface area contributed by atoms with E-state index in [2.05, 4.69) is 5.32 Å². The Morgan fingerprint density at radius 1 is 0.952 bits per heavy atom. The minimum Gasteiger partial charge on any atom is -0.317 e. The van der Waals surface area contributed by atoms with Crippen molar-refractivity contribution in [2.24, 2.45) is 11.8 Å². The largest absolute Gasteiger partial charge is 0.511 e. The van der Waals surface area contributed by atoms with Crippen LogP contribution in [-0.2, 0) is 24.7 Å². The van der Waals surface area contributed by atoms with Crippen LogP contribution in [0.5, 0.6) is 0 Å². The first-order chi connectivity index (χ1) is 19.8. The minimum atomic E-state index is -5.38. The van der Waals surface area contributed by atoms with Gasteiger partial charge < -0.3 is 10.2 Å². The predicted molar refractivity (Wildman–Crippen MR) is 155 cm³/mol. The molecule has 2 aromatic carbocycles. The van der Waals surface area contributed by atoms with Gasteiger partial charge in [-0.25, -0.2) is 16.8 Å². The fourth-order valence-corrected chi connectivity index (χ4v) is 7.64. The predicted octanol–water partition coefficient (Wildman–Crippen LogP) is 4.55. The van der Waals surface area contributed by atoms with Crippen molar-refractivity contribution in [2.75, 3.05) is 43.9 Å². The van der Waals surface area contributed by atoms with E-state index in [0.29, 0.717) is 29.4 Å². The third-order valence-electron chi connectivity index (χ3n) is 8.39. The molecule has 1 unspecified atom stereocenters. The van der Waals surface area contributed by atoms with Gasteiger partial charge in [-0.3, -0.25) is 4.79 Å². The summed E-state index contributed by atoms with van der Waals surface area (Å²) in [6, 6.07) is 15.8. The zero-order chi connectivity index (χ0) is 30.5. The molecule has 2 aliphatic heterocycles. The van der Waals surface area contributed by atoms with Gasteiger partial charge in [0.05, 0.1) is 4.90 Å². The number of hydrogen-bond acceptors (Lipinski definition) is 6. The summed E-state index contributed by atoms with van der Waals surface area (Å²) in [6.07, 6.45) is 4.29. The number of anilines is 1. The highest BCUT2D eigenvalue weighted by molar-refractivity contribution is 7.90. The van der Waals surface area contributed by atoms with Crippen molar-refractivity contribution in [3.63, 3.8) is 0 Å². The Hall–Kier alpha value is -2.48. The van der Waals surface area contributed by atoms with Crippen molar-refractivity contribution < 1.29 is 34.8 Å². The van der Waals surface area contributed by atoms with Crippen molar-refractivity contribution in [1.29, 1.82) is 0 Å². The van der Waals surface area contributed by atoms with Crippen LogP contribution < -0.4 is 10.2 Å². The number of piperidine rings is 2. The minimum absolute atomic E-state index is 0.0630. The van der Waals surface area contributed by atoms with E-state index in [-0.39, 0.29) is 54.5 Å². The summed E-state index contributed by atoms with van der Waals surface area (Å²) in [4.78, 5) is 15.5. The van der Waals surface area contributed by atoms with Crippen LogP contribution in [0.3, 0.4) is 0 Å². The van der Waals surface area contributed by atoms with Gasteiger partial charge in [0.25, 0.3) is 0 Å². The zero-order valence-corrected chi connectivity index (χ0v) is 25.2. The first-order valence-corrected chi connectivity index (χ1v) is 17.5. The maximum atomic E-state index is 13.7. The molecule has 2 aromatic rings. The standard InChI is InChI=1S/C29H38F3N3O5S2/c1-41(37,38)26-9-7-25(8-10-26)35(28(36)21-22-11-16-33-17-12-22)20-15-27(23-5-3-2-4-6-23)24-13-18-34(19-14-24)42(39,40)29(30,31)32/h2-10,22,24,27,33H,11-21H2,1H3. The molecular formula is C29H38F3N3O5S2. The number of alkyl halides is 3. The Morgan fingerprint density at radius 3 is 2.10 bits per heavy atom. The number of nitrogens with one attached hydrogen (secondary N) is 1. The average Bonchev–Trinajstić information content (AvgIpc) is 2.95. The molecule has 0 aliphatic carbocycles. The van der Waals surface area contributed by atoms with E-state index in [4.69, 9.17) is 0 Å². The molecule has 232 valence electrons. The number of halogens is 3. The third kappa shape index (κ3) is 7.91. The fraction of sp³-hybridized carbons (Fsp3) is 0.552. The van der Waals surface area contributed by atoms with E-state index in [1.54, 1.807) is 17.0 Å². The highest BCUT2D eigenvalue weighted by Gasteiger charge is 2.50. The number of nitrogens with zero attached hydrogens (tertiary/aromatic N) is 2. The maximum absolute atomic E-state index is 13.7. The number of benzene rings is 2. The SMILES string of the molecule is CS(=O)(=O)c1ccc(N(CCC(c2ccccc2)C2CCN(S(=O)(=O)C(F)(F)F)CC2)C(=O)CC2CCNCC2)cc1. The Balaban J connectivity index is 1.55. The summed E-state index contributed by atoms with van der Waals surface area (Å²) < 4.78 is 87.9. The summed E-state index contributed by atoms with van der Waals surface area (Å²) in [5, 5.41) is 3.30. The molecule has 0 radical (unpaired) electrons. The van der Waals surface area contributed by atoms with Crippen LogP contribution in [0.2, 0.25) is 0 Å². The molecule has 13 heteroatoms. The molecule has 1 atom stereocenters. The van der Waals surface area contributed by atoms with Crippen LogP contribution in [0, 0.1) is 11.8 Å². The molecule has 0 spiro atoms. The number of carbonyl (C=O) groups excluding carboxylic acids is 1. The smallest absolute Gasteiger partial charge is 0.317 e. The Kier molecular flexibility index (Phi) is 10.4. The third-order valence-corrected chi connectivity index (χ3v) is 11.1. The van der Waals surface area contributed by atoms with E-state index in [1.165, 1.54) is 12.1 Å². The normalized spacial score (nSPS) is 19.0. The molecule has 8 nitrogen and oxygen atoms in total. The van der Waals surface area contributed by atoms with Crippen LogP contribution in [-0.4, -0.2) is 71.5 Å². The second-order valence-corrected chi connectivity index (χ2v) is 15.1. The van der Waals surface area contributed by atoms with Gasteiger partial charge >= 0.3 is 15.5 Å². The van der Waals surface area contributed by atoms with Crippen molar-refractivity contribution in [1.82, 2.24) is 9.62 Å². The molecule has 0 bridgehead atoms. The van der Waals surface area contributed by atoms with Gasteiger partial charge in [0.2, 0.25) is 5.91 Å². The van der Waals surface area contributed by atoms with Gasteiger partial charge in [-0.15, -0.1) is 0 Å². The van der Waals surface area contributed by atoms with Crippen LogP contribution >= 0.6 is 0 Å². The Morgan fingerprint density at radius 2 is 1.55 bits per heavy atom. The van der Waals surface area contributed by atoms with Crippen molar-refractivity contribution in [2.45, 2.75) is 54.8 Å². The second kappa shape index (κ2) is 13.4. The van der Waals surface area contributed by atoms with Crippen molar-refractivity contribution in [3.8, 4) is 0 Å². The van der Waals surface area contributed by atoms with Crippen LogP contribution in [0.4, 0.5) is 18.9 Å². The zero-order valence-electron chi connectivity index (χ0n) is 23.6. The molecule has 0 saturated carbocycles. The van der Waals surface area contributed by atoms with Crippen molar-refractivity contribution >= 4 is 31.5 Å². The van der Waals surface area contributed by atoms with Gasteiger partial charge in [-0.2, -0.15) is 17.5 Å². The summed E-state index contributed by atoms with van der Waals surface area (Å²) in [6.45, 7) is 1.57. The van der Waals surface area contributed by atoms with E-state index < -0.39 is 25.4 Å². The first kappa shape index (κ1) is 32.4. The number of amides is 1.